The number of aromatic nitrogens is 2. The lowest BCUT2D eigenvalue weighted by Crippen LogP contribution is -2.24. The summed E-state index contributed by atoms with van der Waals surface area (Å²) in [6, 6.07) is 7.08. The normalized spacial score (nSPS) is 10.8. The summed E-state index contributed by atoms with van der Waals surface area (Å²) in [6.45, 7) is 1.79. The van der Waals surface area contributed by atoms with Crippen LogP contribution in [-0.4, -0.2) is 29.0 Å². The molecule has 0 fully saturated rings. The zero-order valence-electron chi connectivity index (χ0n) is 15.1. The van der Waals surface area contributed by atoms with Crippen LogP contribution in [0.25, 0.3) is 21.1 Å². The van der Waals surface area contributed by atoms with Crippen LogP contribution in [0.15, 0.2) is 41.8 Å². The third-order valence-corrected chi connectivity index (χ3v) is 5.53. The number of rotatable bonds is 5. The molecular formula is C18H18N6O2S2. The second-order valence-corrected chi connectivity index (χ2v) is 7.40. The standard InChI is InChI=1S/C18H18N6O2S2/c1-3-5-13(25)21-11-7-4-6-10(8-11)12-9-27-16(22-12)14-15(19)23-18(28-14)24-17(26)20-2/h3-9H,19H2,1-2H3,(H,21,25)(H2,20,23,24,26)/b5-3+. The van der Waals surface area contributed by atoms with Crippen molar-refractivity contribution in [3.63, 3.8) is 0 Å². The smallest absolute Gasteiger partial charge is 0.320 e. The Bertz CT molecular complexity index is 1040. The summed E-state index contributed by atoms with van der Waals surface area (Å²) in [7, 11) is 1.52. The van der Waals surface area contributed by atoms with E-state index in [4.69, 9.17) is 5.73 Å². The molecule has 0 aliphatic carbocycles. The highest BCUT2D eigenvalue weighted by atomic mass is 32.1. The fourth-order valence-corrected chi connectivity index (χ4v) is 4.11. The fourth-order valence-electron chi connectivity index (χ4n) is 2.30. The van der Waals surface area contributed by atoms with Gasteiger partial charge in [-0.3, -0.25) is 10.1 Å². The predicted molar refractivity (Wildman–Crippen MR) is 115 cm³/mol. The maximum absolute atomic E-state index is 11.7. The first-order valence-corrected chi connectivity index (χ1v) is 9.94. The minimum absolute atomic E-state index is 0.188. The maximum atomic E-state index is 11.7. The highest BCUT2D eigenvalue weighted by molar-refractivity contribution is 7.23. The molecule has 0 aliphatic rings. The number of nitrogens with one attached hydrogen (secondary N) is 3. The van der Waals surface area contributed by atoms with Crippen LogP contribution in [0.2, 0.25) is 0 Å². The lowest BCUT2D eigenvalue weighted by atomic mass is 10.1. The molecule has 0 spiro atoms. The van der Waals surface area contributed by atoms with Crippen LogP contribution in [0.3, 0.4) is 0 Å². The second kappa shape index (κ2) is 8.63. The van der Waals surface area contributed by atoms with E-state index in [-0.39, 0.29) is 11.9 Å². The highest BCUT2D eigenvalue weighted by Crippen LogP contribution is 2.38. The van der Waals surface area contributed by atoms with Crippen molar-refractivity contribution in [2.45, 2.75) is 6.92 Å². The summed E-state index contributed by atoms with van der Waals surface area (Å²) < 4.78 is 0. The molecule has 3 rings (SSSR count). The van der Waals surface area contributed by atoms with Crippen LogP contribution in [0, 0.1) is 0 Å². The van der Waals surface area contributed by atoms with E-state index in [0.29, 0.717) is 26.5 Å². The summed E-state index contributed by atoms with van der Waals surface area (Å²) in [5.41, 5.74) is 8.30. The molecule has 2 heterocycles. The largest absolute Gasteiger partial charge is 0.382 e. The Morgan fingerprint density at radius 3 is 2.79 bits per heavy atom. The van der Waals surface area contributed by atoms with Gasteiger partial charge in [-0.2, -0.15) is 0 Å². The first-order valence-electron chi connectivity index (χ1n) is 8.25. The van der Waals surface area contributed by atoms with Gasteiger partial charge < -0.3 is 16.4 Å². The quantitative estimate of drug-likeness (QED) is 0.473. The van der Waals surface area contributed by atoms with Crippen LogP contribution in [0.4, 0.5) is 21.4 Å². The van der Waals surface area contributed by atoms with Gasteiger partial charge in [0.15, 0.2) is 5.13 Å². The lowest BCUT2D eigenvalue weighted by Gasteiger charge is -2.04. The van der Waals surface area contributed by atoms with E-state index in [1.807, 2.05) is 29.6 Å². The Kier molecular flexibility index (Phi) is 6.02. The van der Waals surface area contributed by atoms with Crippen molar-refractivity contribution in [3.05, 3.63) is 41.8 Å². The minimum Gasteiger partial charge on any atom is -0.382 e. The van der Waals surface area contributed by atoms with E-state index < -0.39 is 0 Å². The Morgan fingerprint density at radius 2 is 2.04 bits per heavy atom. The average Bonchev–Trinajstić information content (AvgIpc) is 3.28. The lowest BCUT2D eigenvalue weighted by molar-refractivity contribution is -0.111. The molecule has 28 heavy (non-hydrogen) atoms. The molecule has 1 aromatic carbocycles. The third kappa shape index (κ3) is 4.53. The number of carbonyl (C=O) groups is 2. The Morgan fingerprint density at radius 1 is 1.21 bits per heavy atom. The van der Waals surface area contributed by atoms with Crippen molar-refractivity contribution in [1.82, 2.24) is 15.3 Å². The Balaban J connectivity index is 1.83. The molecule has 0 unspecified atom stereocenters. The number of carbonyl (C=O) groups excluding carboxylic acids is 2. The number of thiazole rings is 2. The van der Waals surface area contributed by atoms with Crippen LogP contribution >= 0.6 is 22.7 Å². The molecule has 3 amide bonds. The zero-order chi connectivity index (χ0) is 20.1. The van der Waals surface area contributed by atoms with Gasteiger partial charge in [-0.25, -0.2) is 14.8 Å². The van der Waals surface area contributed by atoms with Crippen molar-refractivity contribution in [3.8, 4) is 21.1 Å². The van der Waals surface area contributed by atoms with Crippen LogP contribution in [0.5, 0.6) is 0 Å². The van der Waals surface area contributed by atoms with E-state index in [2.05, 4.69) is 25.9 Å². The summed E-state index contributed by atoms with van der Waals surface area (Å²) in [4.78, 5) is 32.6. The van der Waals surface area contributed by atoms with Gasteiger partial charge >= 0.3 is 6.03 Å². The Hall–Kier alpha value is -3.24. The number of allylic oxidation sites excluding steroid dienone is 1. The molecule has 0 saturated heterocycles. The molecule has 10 heteroatoms. The monoisotopic (exact) mass is 414 g/mol. The number of anilines is 3. The molecule has 2 aromatic heterocycles. The van der Waals surface area contributed by atoms with Crippen molar-refractivity contribution in [2.24, 2.45) is 0 Å². The molecule has 5 N–H and O–H groups in total. The molecule has 0 radical (unpaired) electrons. The average molecular weight is 415 g/mol. The van der Waals surface area contributed by atoms with Crippen LogP contribution in [-0.2, 0) is 4.79 Å². The zero-order valence-corrected chi connectivity index (χ0v) is 16.8. The van der Waals surface area contributed by atoms with Crippen molar-refractivity contribution < 1.29 is 9.59 Å². The number of benzene rings is 1. The molecule has 0 aliphatic heterocycles. The molecule has 144 valence electrons. The summed E-state index contributed by atoms with van der Waals surface area (Å²) >= 11 is 2.69. The number of nitrogens with two attached hydrogens (primary N) is 1. The SMILES string of the molecule is C/C=C/C(=O)Nc1cccc(-c2csc(-c3sc(NC(=O)NC)nc3N)n2)c1. The van der Waals surface area contributed by atoms with Crippen LogP contribution < -0.4 is 21.7 Å². The Labute approximate surface area is 169 Å². The number of nitrogen functional groups attached to an aromatic ring is 1. The number of nitrogens with zero attached hydrogens (tertiary/aromatic N) is 2. The molecule has 0 bridgehead atoms. The van der Waals surface area contributed by atoms with E-state index in [0.717, 1.165) is 11.3 Å². The maximum Gasteiger partial charge on any atom is 0.320 e. The number of amides is 3. The molecular weight excluding hydrogens is 396 g/mol. The van der Waals surface area contributed by atoms with Gasteiger partial charge in [-0.05, 0) is 25.1 Å². The first kappa shape index (κ1) is 19.5. The predicted octanol–water partition coefficient (Wildman–Crippen LogP) is 3.78. The molecule has 0 saturated carbocycles. The fraction of sp³-hybridized carbons (Fsp3) is 0.111. The molecule has 0 atom stereocenters. The third-order valence-electron chi connectivity index (χ3n) is 3.54. The van der Waals surface area contributed by atoms with Crippen molar-refractivity contribution in [1.29, 1.82) is 0 Å². The number of hydrogen-bond acceptors (Lipinski definition) is 7. The van der Waals surface area contributed by atoms with Crippen molar-refractivity contribution >= 4 is 51.2 Å². The summed E-state index contributed by atoms with van der Waals surface area (Å²) in [5, 5.41) is 10.9. The van der Waals surface area contributed by atoms with Gasteiger partial charge in [-0.15, -0.1) is 11.3 Å². The summed E-state index contributed by atoms with van der Waals surface area (Å²) in [5.74, 6) is 0.122. The van der Waals surface area contributed by atoms with Crippen molar-refractivity contribution in [2.75, 3.05) is 23.4 Å². The van der Waals surface area contributed by atoms with Gasteiger partial charge in [0.05, 0.1) is 5.69 Å². The minimum atomic E-state index is -0.364. The van der Waals surface area contributed by atoms with Gasteiger partial charge in [0.25, 0.3) is 0 Å². The van der Waals surface area contributed by atoms with Gasteiger partial charge in [0, 0.05) is 23.7 Å². The topological polar surface area (TPSA) is 122 Å². The van der Waals surface area contributed by atoms with Gasteiger partial charge in [0.2, 0.25) is 5.91 Å². The second-order valence-electron chi connectivity index (χ2n) is 5.55. The number of hydrogen-bond donors (Lipinski definition) is 4. The molecule has 3 aromatic rings. The first-order chi connectivity index (χ1) is 13.5. The molecule has 8 nitrogen and oxygen atoms in total. The van der Waals surface area contributed by atoms with Gasteiger partial charge in [0.1, 0.15) is 15.7 Å². The van der Waals surface area contributed by atoms with E-state index in [1.165, 1.54) is 35.8 Å². The van der Waals surface area contributed by atoms with E-state index in [1.54, 1.807) is 13.0 Å². The number of urea groups is 1. The van der Waals surface area contributed by atoms with E-state index >= 15 is 0 Å². The van der Waals surface area contributed by atoms with E-state index in [9.17, 15) is 9.59 Å². The van der Waals surface area contributed by atoms with Crippen LogP contribution in [0.1, 0.15) is 6.92 Å². The summed E-state index contributed by atoms with van der Waals surface area (Å²) in [6.07, 6.45) is 3.14. The van der Waals surface area contributed by atoms with Gasteiger partial charge in [-0.1, -0.05) is 29.5 Å². The highest BCUT2D eigenvalue weighted by Gasteiger charge is 2.16.